The third-order valence-corrected chi connectivity index (χ3v) is 4.71. The van der Waals surface area contributed by atoms with Crippen molar-refractivity contribution in [3.05, 3.63) is 42.1 Å². The van der Waals surface area contributed by atoms with Gasteiger partial charge in [0.25, 0.3) is 0 Å². The molecule has 2 heterocycles. The summed E-state index contributed by atoms with van der Waals surface area (Å²) in [7, 11) is -3.73. The van der Waals surface area contributed by atoms with Gasteiger partial charge in [-0.2, -0.15) is 0 Å². The Hall–Kier alpha value is -2.03. The van der Waals surface area contributed by atoms with Gasteiger partial charge >= 0.3 is 0 Å². The molecule has 0 unspecified atom stereocenters. The molecule has 0 bridgehead atoms. The number of rotatable bonds is 3. The smallest absolute Gasteiger partial charge is 0.238 e. The summed E-state index contributed by atoms with van der Waals surface area (Å²) < 4.78 is 22.9. The molecule has 0 atom stereocenters. The van der Waals surface area contributed by atoms with Crippen LogP contribution in [-0.2, 0) is 10.0 Å². The molecule has 0 saturated heterocycles. The molecular formula is C13H12N4O2S2. The molecule has 1 aliphatic rings. The molecule has 21 heavy (non-hydrogen) atoms. The van der Waals surface area contributed by atoms with Crippen molar-refractivity contribution in [1.82, 2.24) is 4.98 Å². The minimum atomic E-state index is -3.73. The number of benzene rings is 1. The first kappa shape index (κ1) is 13.9. The Morgan fingerprint density at radius 1 is 1.33 bits per heavy atom. The van der Waals surface area contributed by atoms with Gasteiger partial charge in [-0.15, -0.1) is 11.3 Å². The molecule has 0 radical (unpaired) electrons. The van der Waals surface area contributed by atoms with Gasteiger partial charge in [0.1, 0.15) is 17.4 Å². The first-order valence-electron chi connectivity index (χ1n) is 6.06. The predicted molar refractivity (Wildman–Crippen MR) is 83.9 cm³/mol. The molecule has 0 saturated carbocycles. The van der Waals surface area contributed by atoms with Gasteiger partial charge in [0.05, 0.1) is 10.4 Å². The van der Waals surface area contributed by atoms with E-state index in [-0.39, 0.29) is 4.90 Å². The Morgan fingerprint density at radius 3 is 2.90 bits per heavy atom. The highest BCUT2D eigenvalue weighted by atomic mass is 32.2. The second-order valence-corrected chi connectivity index (χ2v) is 6.76. The minimum Gasteiger partial charge on any atom is -0.318 e. The first-order chi connectivity index (χ1) is 10.1. The summed E-state index contributed by atoms with van der Waals surface area (Å²) in [6.07, 6.45) is 5.49. The fourth-order valence-electron chi connectivity index (χ4n) is 1.98. The maximum absolute atomic E-state index is 11.5. The predicted octanol–water partition coefficient (Wildman–Crippen LogP) is 1.82. The molecule has 2 aromatic rings. The zero-order valence-corrected chi connectivity index (χ0v) is 12.5. The van der Waals surface area contributed by atoms with Crippen LogP contribution in [-0.4, -0.2) is 26.3 Å². The fraction of sp³-hybridized carbons (Fsp3) is 0.0769. The standard InChI is InChI=1S/C13H12N4O2S2/c14-21(18,19)11-4-1-3-10(7-11)12-13(20-9-16-12)17-6-2-5-15-8-17/h1-7,9H,8H2,(H2,14,18,19). The van der Waals surface area contributed by atoms with Crippen molar-refractivity contribution >= 4 is 32.6 Å². The van der Waals surface area contributed by atoms with Crippen LogP contribution in [0, 0.1) is 0 Å². The molecule has 0 spiro atoms. The largest absolute Gasteiger partial charge is 0.318 e. The second-order valence-electron chi connectivity index (χ2n) is 4.36. The van der Waals surface area contributed by atoms with Crippen molar-refractivity contribution < 1.29 is 8.42 Å². The van der Waals surface area contributed by atoms with E-state index in [2.05, 4.69) is 9.98 Å². The number of aliphatic imine (C=N–C) groups is 1. The summed E-state index contributed by atoms with van der Waals surface area (Å²) in [5.74, 6) is 0. The van der Waals surface area contributed by atoms with Gasteiger partial charge in [-0.1, -0.05) is 12.1 Å². The van der Waals surface area contributed by atoms with Crippen molar-refractivity contribution in [2.75, 3.05) is 11.6 Å². The average molecular weight is 320 g/mol. The molecule has 2 N–H and O–H groups in total. The molecule has 1 aromatic carbocycles. The van der Waals surface area contributed by atoms with E-state index in [1.807, 2.05) is 23.2 Å². The number of sulfonamides is 1. The Bertz CT molecular complexity index is 824. The van der Waals surface area contributed by atoms with E-state index in [1.54, 1.807) is 17.8 Å². The molecule has 0 fully saturated rings. The molecule has 0 amide bonds. The van der Waals surface area contributed by atoms with E-state index < -0.39 is 10.0 Å². The van der Waals surface area contributed by atoms with E-state index in [9.17, 15) is 8.42 Å². The quantitative estimate of drug-likeness (QED) is 0.934. The van der Waals surface area contributed by atoms with Crippen LogP contribution in [0.4, 0.5) is 5.00 Å². The zero-order valence-electron chi connectivity index (χ0n) is 10.9. The third-order valence-electron chi connectivity index (χ3n) is 2.94. The Kier molecular flexibility index (Phi) is 3.58. The van der Waals surface area contributed by atoms with Gasteiger partial charge < -0.3 is 4.90 Å². The van der Waals surface area contributed by atoms with Crippen LogP contribution in [0.2, 0.25) is 0 Å². The summed E-state index contributed by atoms with van der Waals surface area (Å²) in [5.41, 5.74) is 3.15. The maximum atomic E-state index is 11.5. The molecule has 8 heteroatoms. The van der Waals surface area contributed by atoms with Crippen LogP contribution in [0.25, 0.3) is 11.3 Å². The van der Waals surface area contributed by atoms with Crippen molar-refractivity contribution in [1.29, 1.82) is 0 Å². The lowest BCUT2D eigenvalue weighted by atomic mass is 10.1. The lowest BCUT2D eigenvalue weighted by Crippen LogP contribution is -2.18. The van der Waals surface area contributed by atoms with E-state index in [0.29, 0.717) is 17.9 Å². The molecule has 3 rings (SSSR count). The molecule has 108 valence electrons. The summed E-state index contributed by atoms with van der Waals surface area (Å²) in [4.78, 5) is 10.6. The van der Waals surface area contributed by atoms with Crippen LogP contribution in [0.5, 0.6) is 0 Å². The number of aromatic nitrogens is 1. The van der Waals surface area contributed by atoms with E-state index in [1.165, 1.54) is 23.5 Å². The normalized spacial score (nSPS) is 14.6. The summed E-state index contributed by atoms with van der Waals surface area (Å²) >= 11 is 1.47. The Morgan fingerprint density at radius 2 is 2.19 bits per heavy atom. The first-order valence-corrected chi connectivity index (χ1v) is 8.48. The van der Waals surface area contributed by atoms with Gasteiger partial charge in [0.15, 0.2) is 0 Å². The molecule has 6 nitrogen and oxygen atoms in total. The number of anilines is 1. The topological polar surface area (TPSA) is 88.7 Å². The average Bonchev–Trinajstić information content (AvgIpc) is 2.97. The highest BCUT2D eigenvalue weighted by Gasteiger charge is 2.16. The maximum Gasteiger partial charge on any atom is 0.238 e. The highest BCUT2D eigenvalue weighted by molar-refractivity contribution is 7.89. The van der Waals surface area contributed by atoms with Crippen LogP contribution >= 0.6 is 11.3 Å². The van der Waals surface area contributed by atoms with Crippen LogP contribution in [0.3, 0.4) is 0 Å². The Balaban J connectivity index is 2.04. The molecular weight excluding hydrogens is 308 g/mol. The summed E-state index contributed by atoms with van der Waals surface area (Å²) in [6.45, 7) is 0.514. The molecule has 1 aromatic heterocycles. The number of hydrogen-bond acceptors (Lipinski definition) is 6. The van der Waals surface area contributed by atoms with Crippen molar-refractivity contribution in [2.45, 2.75) is 4.90 Å². The number of primary sulfonamides is 1. The number of nitrogens with zero attached hydrogens (tertiary/aromatic N) is 3. The highest BCUT2D eigenvalue weighted by Crippen LogP contribution is 2.34. The van der Waals surface area contributed by atoms with Gasteiger partial charge in [0.2, 0.25) is 10.0 Å². The number of hydrogen-bond donors (Lipinski definition) is 1. The Labute approximate surface area is 126 Å². The lowest BCUT2D eigenvalue weighted by Gasteiger charge is -2.19. The van der Waals surface area contributed by atoms with Crippen molar-refractivity contribution in [3.63, 3.8) is 0 Å². The number of thiazole rings is 1. The van der Waals surface area contributed by atoms with Crippen LogP contribution in [0.1, 0.15) is 0 Å². The van der Waals surface area contributed by atoms with Crippen molar-refractivity contribution in [3.8, 4) is 11.3 Å². The monoisotopic (exact) mass is 320 g/mol. The van der Waals surface area contributed by atoms with Gasteiger partial charge in [0, 0.05) is 18.0 Å². The number of nitrogens with two attached hydrogens (primary N) is 1. The summed E-state index contributed by atoms with van der Waals surface area (Å²) in [5, 5.41) is 6.09. The summed E-state index contributed by atoms with van der Waals surface area (Å²) in [6, 6.07) is 6.47. The third kappa shape index (κ3) is 2.87. The molecule has 0 aliphatic carbocycles. The lowest BCUT2D eigenvalue weighted by molar-refractivity contribution is 0.598. The van der Waals surface area contributed by atoms with E-state index in [0.717, 1.165) is 5.00 Å². The second kappa shape index (κ2) is 5.40. The van der Waals surface area contributed by atoms with Crippen molar-refractivity contribution in [2.24, 2.45) is 10.1 Å². The fourth-order valence-corrected chi connectivity index (χ4v) is 3.33. The SMILES string of the molecule is NS(=O)(=O)c1cccc(-c2ncsc2N2C=CC=NC2)c1. The number of allylic oxidation sites excluding steroid dienone is 1. The van der Waals surface area contributed by atoms with Gasteiger partial charge in [-0.05, 0) is 18.2 Å². The van der Waals surface area contributed by atoms with E-state index >= 15 is 0 Å². The van der Waals surface area contributed by atoms with E-state index in [4.69, 9.17) is 5.14 Å². The van der Waals surface area contributed by atoms with Crippen LogP contribution in [0.15, 0.2) is 51.9 Å². The minimum absolute atomic E-state index is 0.0751. The van der Waals surface area contributed by atoms with Gasteiger partial charge in [-0.25, -0.2) is 18.5 Å². The van der Waals surface area contributed by atoms with Crippen LogP contribution < -0.4 is 10.0 Å². The zero-order chi connectivity index (χ0) is 14.9. The molecule has 1 aliphatic heterocycles. The van der Waals surface area contributed by atoms with Gasteiger partial charge in [-0.3, -0.25) is 4.99 Å².